The molecule has 19 heavy (non-hydrogen) atoms. The van der Waals surface area contributed by atoms with Crippen molar-refractivity contribution < 1.29 is 23.5 Å². The van der Waals surface area contributed by atoms with Crippen molar-refractivity contribution in [2.45, 2.75) is 20.1 Å². The standard InChI is InChI=1S/C13H16FNO4/c1-3-18-12(13(17)19-4-2)15-11(16)9-6-5-7-10(14)8-9/h5-8,12H,3-4H2,1-2H3,(H,15,16). The molecule has 1 N–H and O–H groups in total. The van der Waals surface area contributed by atoms with Crippen molar-refractivity contribution >= 4 is 11.9 Å². The van der Waals surface area contributed by atoms with Gasteiger partial charge in [-0.2, -0.15) is 0 Å². The van der Waals surface area contributed by atoms with E-state index >= 15 is 0 Å². The van der Waals surface area contributed by atoms with E-state index < -0.39 is 23.9 Å². The molecule has 0 fully saturated rings. The van der Waals surface area contributed by atoms with Gasteiger partial charge in [-0.25, -0.2) is 9.18 Å². The average Bonchev–Trinajstić information content (AvgIpc) is 2.38. The Labute approximate surface area is 110 Å². The van der Waals surface area contributed by atoms with Crippen LogP contribution in [-0.2, 0) is 14.3 Å². The Hall–Kier alpha value is -1.95. The lowest BCUT2D eigenvalue weighted by atomic mass is 10.2. The van der Waals surface area contributed by atoms with Crippen LogP contribution in [0.4, 0.5) is 4.39 Å². The SMILES string of the molecule is CCOC(=O)C(NC(=O)c1cccc(F)c1)OCC. The molecule has 1 rings (SSSR count). The van der Waals surface area contributed by atoms with Crippen LogP contribution in [0.3, 0.4) is 0 Å². The molecule has 1 aromatic rings. The van der Waals surface area contributed by atoms with E-state index in [4.69, 9.17) is 9.47 Å². The van der Waals surface area contributed by atoms with Crippen molar-refractivity contribution in [3.8, 4) is 0 Å². The Balaban J connectivity index is 2.73. The highest BCUT2D eigenvalue weighted by Crippen LogP contribution is 2.04. The summed E-state index contributed by atoms with van der Waals surface area (Å²) in [5.41, 5.74) is 0.106. The first-order valence-electron chi connectivity index (χ1n) is 5.93. The van der Waals surface area contributed by atoms with Gasteiger partial charge in [-0.15, -0.1) is 0 Å². The lowest BCUT2D eigenvalue weighted by Gasteiger charge is -2.16. The summed E-state index contributed by atoms with van der Waals surface area (Å²) in [5, 5.41) is 2.34. The first-order valence-corrected chi connectivity index (χ1v) is 5.93. The largest absolute Gasteiger partial charge is 0.463 e. The number of benzene rings is 1. The minimum atomic E-state index is -1.19. The van der Waals surface area contributed by atoms with E-state index in [1.165, 1.54) is 18.2 Å². The van der Waals surface area contributed by atoms with Crippen molar-refractivity contribution in [3.63, 3.8) is 0 Å². The maximum Gasteiger partial charge on any atom is 0.356 e. The molecule has 5 nitrogen and oxygen atoms in total. The zero-order valence-electron chi connectivity index (χ0n) is 10.8. The Kier molecular flexibility index (Phi) is 5.95. The molecular weight excluding hydrogens is 253 g/mol. The summed E-state index contributed by atoms with van der Waals surface area (Å²) in [5.74, 6) is -1.82. The number of ether oxygens (including phenoxy) is 2. The lowest BCUT2D eigenvalue weighted by molar-refractivity contribution is -0.158. The fourth-order valence-corrected chi connectivity index (χ4v) is 1.39. The number of carbonyl (C=O) groups is 2. The van der Waals surface area contributed by atoms with E-state index in [0.29, 0.717) is 0 Å². The maximum atomic E-state index is 13.0. The van der Waals surface area contributed by atoms with Crippen LogP contribution in [0.25, 0.3) is 0 Å². The number of hydrogen-bond acceptors (Lipinski definition) is 4. The van der Waals surface area contributed by atoms with Gasteiger partial charge in [0, 0.05) is 12.2 Å². The summed E-state index contributed by atoms with van der Waals surface area (Å²) in [6.07, 6.45) is -1.19. The molecule has 104 valence electrons. The molecule has 1 unspecified atom stereocenters. The van der Waals surface area contributed by atoms with Gasteiger partial charge in [0.05, 0.1) is 6.61 Å². The number of nitrogens with one attached hydrogen (secondary N) is 1. The Morgan fingerprint density at radius 1 is 1.32 bits per heavy atom. The van der Waals surface area contributed by atoms with E-state index in [1.54, 1.807) is 13.8 Å². The Morgan fingerprint density at radius 2 is 2.05 bits per heavy atom. The summed E-state index contributed by atoms with van der Waals surface area (Å²) in [6.45, 7) is 3.74. The quantitative estimate of drug-likeness (QED) is 0.627. The fraction of sp³-hybridized carbons (Fsp3) is 0.385. The van der Waals surface area contributed by atoms with Crippen LogP contribution in [0.2, 0.25) is 0 Å². The van der Waals surface area contributed by atoms with Gasteiger partial charge in [0.15, 0.2) is 0 Å². The van der Waals surface area contributed by atoms with Gasteiger partial charge in [0.1, 0.15) is 5.82 Å². The molecule has 1 aromatic carbocycles. The fourth-order valence-electron chi connectivity index (χ4n) is 1.39. The number of hydrogen-bond donors (Lipinski definition) is 1. The molecule has 0 heterocycles. The number of carbonyl (C=O) groups excluding carboxylic acids is 2. The van der Waals surface area contributed by atoms with Gasteiger partial charge in [0.25, 0.3) is 5.91 Å². The minimum absolute atomic E-state index is 0.106. The number of esters is 1. The van der Waals surface area contributed by atoms with Crippen molar-refractivity contribution in [2.24, 2.45) is 0 Å². The third kappa shape index (κ3) is 4.67. The Bertz CT molecular complexity index is 450. The maximum absolute atomic E-state index is 13.0. The molecule has 6 heteroatoms. The van der Waals surface area contributed by atoms with Gasteiger partial charge in [-0.3, -0.25) is 4.79 Å². The van der Waals surface area contributed by atoms with E-state index in [9.17, 15) is 14.0 Å². The summed E-state index contributed by atoms with van der Waals surface area (Å²) in [4.78, 5) is 23.4. The zero-order chi connectivity index (χ0) is 14.3. The molecule has 0 saturated heterocycles. The summed E-state index contributed by atoms with van der Waals surface area (Å²) >= 11 is 0. The van der Waals surface area contributed by atoms with Gasteiger partial charge >= 0.3 is 5.97 Å². The normalized spacial score (nSPS) is 11.7. The first-order chi connectivity index (χ1) is 9.08. The molecular formula is C13H16FNO4. The van der Waals surface area contributed by atoms with E-state index in [2.05, 4.69) is 5.32 Å². The molecule has 0 aliphatic heterocycles. The van der Waals surface area contributed by atoms with E-state index in [-0.39, 0.29) is 18.8 Å². The van der Waals surface area contributed by atoms with Crippen molar-refractivity contribution in [3.05, 3.63) is 35.6 Å². The smallest absolute Gasteiger partial charge is 0.356 e. The van der Waals surface area contributed by atoms with Gasteiger partial charge in [-0.1, -0.05) is 6.07 Å². The highest BCUT2D eigenvalue weighted by Gasteiger charge is 2.22. The van der Waals surface area contributed by atoms with Crippen LogP contribution in [0.5, 0.6) is 0 Å². The molecule has 0 aliphatic rings. The van der Waals surface area contributed by atoms with Crippen molar-refractivity contribution in [1.82, 2.24) is 5.32 Å². The number of rotatable bonds is 6. The third-order valence-electron chi connectivity index (χ3n) is 2.18. The van der Waals surface area contributed by atoms with Gasteiger partial charge < -0.3 is 14.8 Å². The Morgan fingerprint density at radius 3 is 2.63 bits per heavy atom. The topological polar surface area (TPSA) is 64.6 Å². The summed E-state index contributed by atoms with van der Waals surface area (Å²) < 4.78 is 22.8. The third-order valence-corrected chi connectivity index (χ3v) is 2.18. The lowest BCUT2D eigenvalue weighted by Crippen LogP contribution is -2.43. The number of halogens is 1. The second-order valence-electron chi connectivity index (χ2n) is 3.57. The zero-order valence-corrected chi connectivity index (χ0v) is 10.8. The molecule has 0 bridgehead atoms. The highest BCUT2D eigenvalue weighted by molar-refractivity contribution is 5.96. The minimum Gasteiger partial charge on any atom is -0.463 e. The first kappa shape index (κ1) is 15.1. The summed E-state index contributed by atoms with van der Waals surface area (Å²) in [6, 6.07) is 5.14. The second-order valence-corrected chi connectivity index (χ2v) is 3.57. The van der Waals surface area contributed by atoms with Crippen molar-refractivity contribution in [2.75, 3.05) is 13.2 Å². The van der Waals surface area contributed by atoms with Crippen LogP contribution < -0.4 is 5.32 Å². The van der Waals surface area contributed by atoms with Crippen LogP contribution in [0, 0.1) is 5.82 Å². The van der Waals surface area contributed by atoms with E-state index in [0.717, 1.165) is 6.07 Å². The molecule has 0 aromatic heterocycles. The van der Waals surface area contributed by atoms with E-state index in [1.807, 2.05) is 0 Å². The molecule has 1 amide bonds. The van der Waals surface area contributed by atoms with Crippen LogP contribution in [0.15, 0.2) is 24.3 Å². The average molecular weight is 269 g/mol. The van der Waals surface area contributed by atoms with Crippen LogP contribution in [0.1, 0.15) is 24.2 Å². The predicted molar refractivity (Wildman–Crippen MR) is 65.9 cm³/mol. The molecule has 0 aliphatic carbocycles. The summed E-state index contributed by atoms with van der Waals surface area (Å²) in [7, 11) is 0. The monoisotopic (exact) mass is 269 g/mol. The molecule has 0 spiro atoms. The predicted octanol–water partition coefficient (Wildman–Crippen LogP) is 1.48. The number of amides is 1. The molecule has 1 atom stereocenters. The highest BCUT2D eigenvalue weighted by atomic mass is 19.1. The van der Waals surface area contributed by atoms with Crippen molar-refractivity contribution in [1.29, 1.82) is 0 Å². The molecule has 0 radical (unpaired) electrons. The van der Waals surface area contributed by atoms with Crippen LogP contribution >= 0.6 is 0 Å². The second kappa shape index (κ2) is 7.48. The molecule has 0 saturated carbocycles. The van der Waals surface area contributed by atoms with Crippen LogP contribution in [-0.4, -0.2) is 31.3 Å². The van der Waals surface area contributed by atoms with Gasteiger partial charge in [0.2, 0.25) is 6.23 Å². The van der Waals surface area contributed by atoms with Gasteiger partial charge in [-0.05, 0) is 32.0 Å².